The van der Waals surface area contributed by atoms with E-state index in [4.69, 9.17) is 0 Å². The van der Waals surface area contributed by atoms with Crippen LogP contribution < -0.4 is 0 Å². The Morgan fingerprint density at radius 1 is 1.26 bits per heavy atom. The Hall–Kier alpha value is -1.36. The highest BCUT2D eigenvalue weighted by molar-refractivity contribution is 7.89. The fourth-order valence-corrected chi connectivity index (χ4v) is 3.76. The van der Waals surface area contributed by atoms with Crippen molar-refractivity contribution in [3.05, 3.63) is 29.8 Å². The Kier molecular flexibility index (Phi) is 3.43. The van der Waals surface area contributed by atoms with Crippen LogP contribution in [0.15, 0.2) is 34.2 Å². The molecule has 0 saturated carbocycles. The molecule has 0 radical (unpaired) electrons. The van der Waals surface area contributed by atoms with Crippen LogP contribution in [0.2, 0.25) is 0 Å². The van der Waals surface area contributed by atoms with Crippen molar-refractivity contribution in [2.24, 2.45) is 4.99 Å². The lowest BCUT2D eigenvalue weighted by atomic mass is 10.0. The van der Waals surface area contributed by atoms with Gasteiger partial charge in [-0.1, -0.05) is 24.6 Å². The van der Waals surface area contributed by atoms with Crippen LogP contribution >= 0.6 is 0 Å². The first kappa shape index (κ1) is 14.1. The summed E-state index contributed by atoms with van der Waals surface area (Å²) in [6.45, 7) is 8.13. The standard InChI is InChI=1S/C14H20N2O2S/c1-5-14(4)10-16(12(3)15-14)19(17,18)13-8-6-11(2)7-9-13/h6-9H,5,10H2,1-4H3. The third-order valence-corrected chi connectivity index (χ3v) is 5.49. The van der Waals surface area contributed by atoms with Gasteiger partial charge in [0.25, 0.3) is 10.0 Å². The molecule has 0 aromatic heterocycles. The summed E-state index contributed by atoms with van der Waals surface area (Å²) in [5.74, 6) is 0.574. The Morgan fingerprint density at radius 3 is 2.32 bits per heavy atom. The maximum absolute atomic E-state index is 12.6. The van der Waals surface area contributed by atoms with Crippen LogP contribution in [-0.4, -0.2) is 30.6 Å². The van der Waals surface area contributed by atoms with E-state index >= 15 is 0 Å². The number of sulfonamides is 1. The minimum atomic E-state index is -3.48. The van der Waals surface area contributed by atoms with E-state index in [-0.39, 0.29) is 5.54 Å². The molecule has 1 atom stereocenters. The van der Waals surface area contributed by atoms with Gasteiger partial charge in [-0.3, -0.25) is 9.30 Å². The minimum absolute atomic E-state index is 0.304. The van der Waals surface area contributed by atoms with E-state index in [1.807, 2.05) is 32.9 Å². The second-order valence-corrected chi connectivity index (χ2v) is 7.20. The van der Waals surface area contributed by atoms with Gasteiger partial charge in [0.05, 0.1) is 17.0 Å². The van der Waals surface area contributed by atoms with Crippen molar-refractivity contribution < 1.29 is 8.42 Å². The molecule has 19 heavy (non-hydrogen) atoms. The van der Waals surface area contributed by atoms with Crippen LogP contribution in [0.5, 0.6) is 0 Å². The molecule has 0 fully saturated rings. The molecule has 0 saturated heterocycles. The third-order valence-electron chi connectivity index (χ3n) is 3.65. The van der Waals surface area contributed by atoms with Crippen molar-refractivity contribution >= 4 is 15.9 Å². The molecule has 1 aromatic carbocycles. The summed E-state index contributed by atoms with van der Waals surface area (Å²) in [6.07, 6.45) is 0.824. The number of nitrogens with zero attached hydrogens (tertiary/aromatic N) is 2. The molecule has 0 bridgehead atoms. The maximum atomic E-state index is 12.6. The molecule has 1 aromatic rings. The summed E-state index contributed by atoms with van der Waals surface area (Å²) in [5.41, 5.74) is 0.742. The summed E-state index contributed by atoms with van der Waals surface area (Å²) in [6, 6.07) is 6.93. The minimum Gasteiger partial charge on any atom is -0.264 e. The Bertz CT molecular complexity index is 605. The van der Waals surface area contributed by atoms with E-state index in [0.29, 0.717) is 17.3 Å². The second-order valence-electron chi connectivity index (χ2n) is 5.33. The average molecular weight is 280 g/mol. The van der Waals surface area contributed by atoms with Gasteiger partial charge in [-0.15, -0.1) is 0 Å². The van der Waals surface area contributed by atoms with Gasteiger partial charge in [0.1, 0.15) is 5.84 Å². The van der Waals surface area contributed by atoms with Crippen LogP contribution in [-0.2, 0) is 10.0 Å². The van der Waals surface area contributed by atoms with Crippen molar-refractivity contribution in [1.29, 1.82) is 0 Å². The van der Waals surface area contributed by atoms with E-state index in [9.17, 15) is 8.42 Å². The van der Waals surface area contributed by atoms with Gasteiger partial charge >= 0.3 is 0 Å². The number of aliphatic imine (C=N–C) groups is 1. The van der Waals surface area contributed by atoms with Gasteiger partial charge in [-0.2, -0.15) is 0 Å². The van der Waals surface area contributed by atoms with E-state index in [2.05, 4.69) is 4.99 Å². The molecule has 1 unspecified atom stereocenters. The van der Waals surface area contributed by atoms with Gasteiger partial charge in [-0.25, -0.2) is 8.42 Å². The normalized spacial score (nSPS) is 23.6. The molecule has 104 valence electrons. The third kappa shape index (κ3) is 2.52. The zero-order valence-electron chi connectivity index (χ0n) is 11.8. The summed E-state index contributed by atoms with van der Waals surface area (Å²) in [4.78, 5) is 4.82. The molecule has 0 amide bonds. The topological polar surface area (TPSA) is 49.7 Å². The lowest BCUT2D eigenvalue weighted by Gasteiger charge is -2.23. The van der Waals surface area contributed by atoms with E-state index in [1.165, 1.54) is 4.31 Å². The molecular weight excluding hydrogens is 260 g/mol. The molecular formula is C14H20N2O2S. The number of hydrogen-bond donors (Lipinski definition) is 0. The SMILES string of the molecule is CCC1(C)CN(S(=O)(=O)c2ccc(C)cc2)C(C)=N1. The number of amidine groups is 1. The van der Waals surface area contributed by atoms with Crippen molar-refractivity contribution in [2.45, 2.75) is 44.6 Å². The van der Waals surface area contributed by atoms with Crippen LogP contribution in [0, 0.1) is 6.92 Å². The van der Waals surface area contributed by atoms with Gasteiger partial charge in [0.2, 0.25) is 0 Å². The fraction of sp³-hybridized carbons (Fsp3) is 0.500. The van der Waals surface area contributed by atoms with Gasteiger partial charge in [0.15, 0.2) is 0 Å². The van der Waals surface area contributed by atoms with Crippen molar-refractivity contribution in [3.63, 3.8) is 0 Å². The van der Waals surface area contributed by atoms with Crippen LogP contribution in [0.4, 0.5) is 0 Å². The highest BCUT2D eigenvalue weighted by Gasteiger charge is 2.38. The molecule has 5 heteroatoms. The number of rotatable bonds is 3. The highest BCUT2D eigenvalue weighted by Crippen LogP contribution is 2.29. The number of benzene rings is 1. The monoisotopic (exact) mass is 280 g/mol. The van der Waals surface area contributed by atoms with Crippen LogP contribution in [0.3, 0.4) is 0 Å². The predicted octanol–water partition coefficient (Wildman–Crippen LogP) is 2.59. The molecule has 1 aliphatic heterocycles. The number of hydrogen-bond acceptors (Lipinski definition) is 3. The van der Waals surface area contributed by atoms with Crippen molar-refractivity contribution in [1.82, 2.24) is 4.31 Å². The molecule has 2 rings (SSSR count). The molecule has 0 aliphatic carbocycles. The van der Waals surface area contributed by atoms with Crippen molar-refractivity contribution in [2.75, 3.05) is 6.54 Å². The van der Waals surface area contributed by atoms with Crippen molar-refractivity contribution in [3.8, 4) is 0 Å². The summed E-state index contributed by atoms with van der Waals surface area (Å²) in [7, 11) is -3.48. The van der Waals surface area contributed by atoms with Gasteiger partial charge in [-0.05, 0) is 39.3 Å². The van der Waals surface area contributed by atoms with E-state index in [0.717, 1.165) is 12.0 Å². The second kappa shape index (κ2) is 4.63. The molecule has 1 aliphatic rings. The maximum Gasteiger partial charge on any atom is 0.265 e. The summed E-state index contributed by atoms with van der Waals surface area (Å²) >= 11 is 0. The van der Waals surface area contributed by atoms with Gasteiger partial charge in [0, 0.05) is 0 Å². The predicted molar refractivity (Wildman–Crippen MR) is 76.9 cm³/mol. The average Bonchev–Trinajstić information content (AvgIpc) is 2.67. The smallest absolute Gasteiger partial charge is 0.264 e. The Balaban J connectivity index is 2.37. The zero-order chi connectivity index (χ0) is 14.3. The molecule has 0 N–H and O–H groups in total. The first-order valence-electron chi connectivity index (χ1n) is 6.44. The molecule has 4 nitrogen and oxygen atoms in total. The van der Waals surface area contributed by atoms with Crippen LogP contribution in [0.25, 0.3) is 0 Å². The fourth-order valence-electron chi connectivity index (χ4n) is 2.19. The van der Waals surface area contributed by atoms with E-state index < -0.39 is 10.0 Å². The molecule has 0 spiro atoms. The lowest BCUT2D eigenvalue weighted by molar-refractivity contribution is 0.420. The van der Waals surface area contributed by atoms with Gasteiger partial charge < -0.3 is 0 Å². The highest BCUT2D eigenvalue weighted by atomic mass is 32.2. The van der Waals surface area contributed by atoms with Crippen LogP contribution in [0.1, 0.15) is 32.8 Å². The first-order chi connectivity index (χ1) is 8.78. The van der Waals surface area contributed by atoms with E-state index in [1.54, 1.807) is 19.1 Å². The Morgan fingerprint density at radius 2 is 1.84 bits per heavy atom. The largest absolute Gasteiger partial charge is 0.265 e. The molecule has 1 heterocycles. The zero-order valence-corrected chi connectivity index (χ0v) is 12.7. The summed E-state index contributed by atoms with van der Waals surface area (Å²) < 4.78 is 26.6. The Labute approximate surface area is 115 Å². The lowest BCUT2D eigenvalue weighted by Crippen LogP contribution is -2.37. The quantitative estimate of drug-likeness (QED) is 0.854. The summed E-state index contributed by atoms with van der Waals surface area (Å²) in [5, 5.41) is 0. The number of aryl methyl sites for hydroxylation is 1. The first-order valence-corrected chi connectivity index (χ1v) is 7.88.